The second-order valence-electron chi connectivity index (χ2n) is 6.65. The largest absolute Gasteiger partial charge is 0.449 e. The van der Waals surface area contributed by atoms with E-state index < -0.39 is 0 Å². The first-order valence-corrected chi connectivity index (χ1v) is 7.46. The van der Waals surface area contributed by atoms with Gasteiger partial charge >= 0.3 is 6.08 Å². The number of hydrogen-bond acceptors (Lipinski definition) is 5. The summed E-state index contributed by atoms with van der Waals surface area (Å²) < 4.78 is 11.0. The Hall–Kier alpha value is -1.07. The van der Waals surface area contributed by atoms with Gasteiger partial charge in [0, 0.05) is 18.1 Å². The van der Waals surface area contributed by atoms with Gasteiger partial charge in [0.15, 0.2) is 0 Å². The van der Waals surface area contributed by atoms with E-state index >= 15 is 0 Å². The molecular formula is C15H27N3O2. The lowest BCUT2D eigenvalue weighted by Crippen LogP contribution is -2.40. The van der Waals surface area contributed by atoms with Crippen LogP contribution < -0.4 is 10.1 Å². The minimum atomic E-state index is 0.0742. The van der Waals surface area contributed by atoms with Crippen LogP contribution in [0.1, 0.15) is 45.7 Å². The highest BCUT2D eigenvalue weighted by molar-refractivity contribution is 5.00. The number of rotatable bonds is 5. The molecule has 1 aromatic rings. The lowest BCUT2D eigenvalue weighted by molar-refractivity contribution is 0.106. The lowest BCUT2D eigenvalue weighted by atomic mass is 10.0. The van der Waals surface area contributed by atoms with E-state index in [1.165, 1.54) is 19.3 Å². The van der Waals surface area contributed by atoms with E-state index in [1.807, 2.05) is 0 Å². The highest BCUT2D eigenvalue weighted by Gasteiger charge is 2.20. The third-order valence-corrected chi connectivity index (χ3v) is 3.65. The number of ether oxygens (including phenoxy) is 1. The average Bonchev–Trinajstić information content (AvgIpc) is 2.83. The van der Waals surface area contributed by atoms with Gasteiger partial charge in [-0.1, -0.05) is 6.42 Å². The monoisotopic (exact) mass is 281 g/mol. The Morgan fingerprint density at radius 3 is 2.95 bits per heavy atom. The van der Waals surface area contributed by atoms with Gasteiger partial charge in [0.1, 0.15) is 12.9 Å². The van der Waals surface area contributed by atoms with Crippen molar-refractivity contribution in [2.75, 3.05) is 20.2 Å². The van der Waals surface area contributed by atoms with Gasteiger partial charge in [0.25, 0.3) is 0 Å². The molecule has 0 radical (unpaired) electrons. The summed E-state index contributed by atoms with van der Waals surface area (Å²) in [5, 5.41) is 3.38. The summed E-state index contributed by atoms with van der Waals surface area (Å²) in [5.41, 5.74) is 0.956. The first-order chi connectivity index (χ1) is 9.44. The molecular weight excluding hydrogens is 254 g/mol. The van der Waals surface area contributed by atoms with Crippen molar-refractivity contribution in [2.24, 2.45) is 0 Å². The molecule has 0 aliphatic carbocycles. The number of hydrogen-bond donors (Lipinski definition) is 1. The Bertz CT molecular complexity index is 411. The molecule has 1 unspecified atom stereocenters. The molecule has 2 rings (SSSR count). The van der Waals surface area contributed by atoms with Crippen molar-refractivity contribution in [2.45, 2.75) is 58.2 Å². The summed E-state index contributed by atoms with van der Waals surface area (Å²) in [6, 6.07) is 0.479. The topological polar surface area (TPSA) is 50.5 Å². The van der Waals surface area contributed by atoms with Crippen molar-refractivity contribution in [3.05, 3.63) is 12.0 Å². The van der Waals surface area contributed by atoms with Crippen molar-refractivity contribution >= 4 is 0 Å². The zero-order valence-corrected chi connectivity index (χ0v) is 13.1. The molecule has 5 heteroatoms. The summed E-state index contributed by atoms with van der Waals surface area (Å²) in [6.07, 6.45) is 5.81. The van der Waals surface area contributed by atoms with Gasteiger partial charge in [-0.2, -0.15) is 4.98 Å². The molecule has 1 aliphatic heterocycles. The standard InChI is InChI=1S/C15H27N3O2/c1-15(2,3)16-9-12-10-19-14(17-12)20-11-13-7-5-6-8-18(13)4/h10,13,16H,5-9,11H2,1-4H3. The molecule has 2 heterocycles. The maximum Gasteiger partial charge on any atom is 0.393 e. The normalized spacial score (nSPS) is 21.1. The van der Waals surface area contributed by atoms with Crippen LogP contribution in [0.15, 0.2) is 10.7 Å². The van der Waals surface area contributed by atoms with Gasteiger partial charge in [0.05, 0.1) is 5.69 Å². The van der Waals surface area contributed by atoms with E-state index in [0.29, 0.717) is 25.3 Å². The van der Waals surface area contributed by atoms with E-state index in [9.17, 15) is 0 Å². The van der Waals surface area contributed by atoms with Crippen molar-refractivity contribution < 1.29 is 9.15 Å². The van der Waals surface area contributed by atoms with Crippen LogP contribution in [-0.2, 0) is 6.54 Å². The zero-order chi connectivity index (χ0) is 14.6. The maximum atomic E-state index is 5.68. The third-order valence-electron chi connectivity index (χ3n) is 3.65. The Labute approximate surface area is 121 Å². The van der Waals surface area contributed by atoms with Crippen LogP contribution >= 0.6 is 0 Å². The highest BCUT2D eigenvalue weighted by atomic mass is 16.6. The lowest BCUT2D eigenvalue weighted by Gasteiger charge is -2.31. The molecule has 1 saturated heterocycles. The predicted octanol–water partition coefficient (Wildman–Crippen LogP) is 2.43. The third kappa shape index (κ3) is 4.80. The van der Waals surface area contributed by atoms with Crippen LogP contribution in [0.4, 0.5) is 0 Å². The Morgan fingerprint density at radius 2 is 2.25 bits per heavy atom. The molecule has 0 amide bonds. The molecule has 1 aromatic heterocycles. The van der Waals surface area contributed by atoms with Gasteiger partial charge in [-0.3, -0.25) is 0 Å². The number of oxazole rings is 1. The fourth-order valence-electron chi connectivity index (χ4n) is 2.31. The van der Waals surface area contributed by atoms with Crippen LogP contribution in [0.25, 0.3) is 0 Å². The molecule has 0 bridgehead atoms. The van der Waals surface area contributed by atoms with E-state index in [2.05, 4.69) is 43.0 Å². The molecule has 114 valence electrons. The average molecular weight is 281 g/mol. The Balaban J connectivity index is 1.77. The van der Waals surface area contributed by atoms with Crippen LogP contribution in [0.2, 0.25) is 0 Å². The van der Waals surface area contributed by atoms with Crippen molar-refractivity contribution in [3.63, 3.8) is 0 Å². The Kier molecular flexibility index (Phi) is 5.05. The van der Waals surface area contributed by atoms with Crippen LogP contribution in [0.5, 0.6) is 6.08 Å². The summed E-state index contributed by atoms with van der Waals surface area (Å²) in [7, 11) is 2.15. The number of nitrogens with zero attached hydrogens (tertiary/aromatic N) is 2. The van der Waals surface area contributed by atoms with Gasteiger partial charge in [-0.15, -0.1) is 0 Å². The maximum absolute atomic E-state index is 5.68. The molecule has 1 fully saturated rings. The number of likely N-dealkylation sites (tertiary alicyclic amines) is 1. The van der Waals surface area contributed by atoms with E-state index in [0.717, 1.165) is 12.2 Å². The van der Waals surface area contributed by atoms with Crippen molar-refractivity contribution in [3.8, 4) is 6.08 Å². The number of likely N-dealkylation sites (N-methyl/N-ethyl adjacent to an activating group) is 1. The summed E-state index contributed by atoms with van der Waals surface area (Å²) in [4.78, 5) is 6.71. The minimum Gasteiger partial charge on any atom is -0.449 e. The number of piperidine rings is 1. The second-order valence-corrected chi connectivity index (χ2v) is 6.65. The summed E-state index contributed by atoms with van der Waals surface area (Å²) in [6.45, 7) is 8.89. The smallest absolute Gasteiger partial charge is 0.393 e. The molecule has 0 spiro atoms. The SMILES string of the molecule is CN1CCCCC1COc1nc(CNC(C)(C)C)co1. The highest BCUT2D eigenvalue weighted by Crippen LogP contribution is 2.17. The first-order valence-electron chi connectivity index (χ1n) is 7.46. The summed E-state index contributed by atoms with van der Waals surface area (Å²) in [5.74, 6) is 0. The quantitative estimate of drug-likeness (QED) is 0.898. The van der Waals surface area contributed by atoms with Crippen LogP contribution in [0, 0.1) is 0 Å². The fourth-order valence-corrected chi connectivity index (χ4v) is 2.31. The fraction of sp³-hybridized carbons (Fsp3) is 0.800. The Morgan fingerprint density at radius 1 is 1.45 bits per heavy atom. The van der Waals surface area contributed by atoms with Crippen molar-refractivity contribution in [1.29, 1.82) is 0 Å². The van der Waals surface area contributed by atoms with E-state index in [-0.39, 0.29) is 5.54 Å². The molecule has 0 saturated carbocycles. The minimum absolute atomic E-state index is 0.0742. The molecule has 20 heavy (non-hydrogen) atoms. The van der Waals surface area contributed by atoms with Gasteiger partial charge in [-0.05, 0) is 47.2 Å². The number of aromatic nitrogens is 1. The first kappa shape index (κ1) is 15.3. The van der Waals surface area contributed by atoms with Gasteiger partial charge in [-0.25, -0.2) is 0 Å². The molecule has 5 nitrogen and oxygen atoms in total. The van der Waals surface area contributed by atoms with Gasteiger partial charge < -0.3 is 19.4 Å². The molecule has 1 N–H and O–H groups in total. The van der Waals surface area contributed by atoms with Crippen LogP contribution in [-0.4, -0.2) is 41.7 Å². The van der Waals surface area contributed by atoms with Crippen LogP contribution in [0.3, 0.4) is 0 Å². The molecule has 0 aromatic carbocycles. The number of nitrogens with one attached hydrogen (secondary N) is 1. The predicted molar refractivity (Wildman–Crippen MR) is 78.9 cm³/mol. The van der Waals surface area contributed by atoms with E-state index in [4.69, 9.17) is 9.15 Å². The molecule has 1 aliphatic rings. The van der Waals surface area contributed by atoms with E-state index in [1.54, 1.807) is 6.26 Å². The van der Waals surface area contributed by atoms with Gasteiger partial charge in [0.2, 0.25) is 0 Å². The zero-order valence-electron chi connectivity index (χ0n) is 13.1. The molecule has 1 atom stereocenters. The summed E-state index contributed by atoms with van der Waals surface area (Å²) >= 11 is 0. The second kappa shape index (κ2) is 6.59. The van der Waals surface area contributed by atoms with Crippen molar-refractivity contribution in [1.82, 2.24) is 15.2 Å².